The maximum atomic E-state index is 8.95. The fourth-order valence-electron chi connectivity index (χ4n) is 0.851. The molecular formula is C6H10O2. The van der Waals surface area contributed by atoms with Gasteiger partial charge in [-0.2, -0.15) is 0 Å². The molecule has 0 atom stereocenters. The first-order chi connectivity index (χ1) is 3.63. The van der Waals surface area contributed by atoms with Crippen molar-refractivity contribution in [2.45, 2.75) is 25.6 Å². The van der Waals surface area contributed by atoms with E-state index in [1.165, 1.54) is 0 Å². The van der Waals surface area contributed by atoms with Crippen molar-refractivity contribution in [2.75, 3.05) is 0 Å². The van der Waals surface area contributed by atoms with E-state index in [1.54, 1.807) is 6.92 Å². The molecule has 2 nitrogen and oxygen atoms in total. The summed E-state index contributed by atoms with van der Waals surface area (Å²) in [6.07, 6.45) is 3.09. The predicted octanol–water partition coefficient (Wildman–Crippen LogP) is 0.407. The van der Waals surface area contributed by atoms with Crippen LogP contribution in [-0.2, 0) is 0 Å². The van der Waals surface area contributed by atoms with Crippen molar-refractivity contribution >= 4 is 0 Å². The lowest BCUT2D eigenvalue weighted by molar-refractivity contribution is -0.125. The van der Waals surface area contributed by atoms with E-state index in [0.29, 0.717) is 12.0 Å². The quantitative estimate of drug-likeness (QED) is 0.353. The van der Waals surface area contributed by atoms with E-state index in [9.17, 15) is 0 Å². The van der Waals surface area contributed by atoms with Gasteiger partial charge in [-0.3, -0.25) is 0 Å². The minimum absolute atomic E-state index is 0.457. The summed E-state index contributed by atoms with van der Waals surface area (Å²) in [6, 6.07) is 0. The van der Waals surface area contributed by atoms with Crippen LogP contribution >= 0.6 is 0 Å². The first-order valence-electron chi connectivity index (χ1n) is 2.75. The fraction of sp³-hybridized carbons (Fsp3) is 0.667. The standard InChI is InChI=1S/C6H10O2/c1-5-3-2-4-6(5,7)8/h3,7-8H,2,4H2,1H3. The minimum atomic E-state index is -1.49. The molecule has 0 aromatic heterocycles. The van der Waals surface area contributed by atoms with Gasteiger partial charge >= 0.3 is 0 Å². The van der Waals surface area contributed by atoms with Crippen molar-refractivity contribution in [1.29, 1.82) is 0 Å². The second-order valence-electron chi connectivity index (χ2n) is 2.24. The van der Waals surface area contributed by atoms with Crippen molar-refractivity contribution in [3.05, 3.63) is 11.6 Å². The summed E-state index contributed by atoms with van der Waals surface area (Å²) < 4.78 is 0. The SMILES string of the molecule is CC1=CCCC1(O)O. The molecule has 8 heavy (non-hydrogen) atoms. The van der Waals surface area contributed by atoms with Crippen molar-refractivity contribution in [2.24, 2.45) is 0 Å². The van der Waals surface area contributed by atoms with Gasteiger partial charge in [0, 0.05) is 6.42 Å². The van der Waals surface area contributed by atoms with Crippen LogP contribution in [0.5, 0.6) is 0 Å². The van der Waals surface area contributed by atoms with Crippen LogP contribution in [0.1, 0.15) is 19.8 Å². The first kappa shape index (κ1) is 5.79. The molecule has 0 aliphatic heterocycles. The van der Waals surface area contributed by atoms with Crippen molar-refractivity contribution in [3.8, 4) is 0 Å². The highest BCUT2D eigenvalue weighted by Crippen LogP contribution is 2.26. The van der Waals surface area contributed by atoms with Crippen molar-refractivity contribution in [3.63, 3.8) is 0 Å². The Morgan fingerprint density at radius 3 is 2.38 bits per heavy atom. The molecule has 2 N–H and O–H groups in total. The normalized spacial score (nSPS) is 25.6. The summed E-state index contributed by atoms with van der Waals surface area (Å²) in [4.78, 5) is 0. The van der Waals surface area contributed by atoms with Gasteiger partial charge in [0.1, 0.15) is 0 Å². The Balaban J connectivity index is 2.73. The summed E-state index contributed by atoms with van der Waals surface area (Å²) >= 11 is 0. The summed E-state index contributed by atoms with van der Waals surface area (Å²) in [5.41, 5.74) is 0.678. The molecule has 46 valence electrons. The van der Waals surface area contributed by atoms with Gasteiger partial charge in [-0.15, -0.1) is 0 Å². The molecular weight excluding hydrogens is 104 g/mol. The zero-order valence-electron chi connectivity index (χ0n) is 4.89. The predicted molar refractivity (Wildman–Crippen MR) is 30.2 cm³/mol. The van der Waals surface area contributed by atoms with E-state index < -0.39 is 5.79 Å². The summed E-state index contributed by atoms with van der Waals surface area (Å²) in [5.74, 6) is -1.49. The van der Waals surface area contributed by atoms with Crippen LogP contribution in [0.15, 0.2) is 11.6 Å². The Kier molecular flexibility index (Phi) is 1.14. The number of hydrogen-bond acceptors (Lipinski definition) is 2. The largest absolute Gasteiger partial charge is 0.362 e. The zero-order chi connectivity index (χ0) is 6.20. The molecule has 0 bridgehead atoms. The molecule has 0 aromatic carbocycles. The Bertz CT molecular complexity index is 124. The molecule has 0 amide bonds. The maximum Gasteiger partial charge on any atom is 0.185 e. The Morgan fingerprint density at radius 1 is 1.62 bits per heavy atom. The number of hydrogen-bond donors (Lipinski definition) is 2. The monoisotopic (exact) mass is 114 g/mol. The lowest BCUT2D eigenvalue weighted by Crippen LogP contribution is -2.25. The average Bonchev–Trinajstić information content (AvgIpc) is 1.86. The number of allylic oxidation sites excluding steroid dienone is 1. The molecule has 0 radical (unpaired) electrons. The zero-order valence-corrected chi connectivity index (χ0v) is 4.89. The van der Waals surface area contributed by atoms with Crippen LogP contribution in [0.4, 0.5) is 0 Å². The molecule has 0 saturated heterocycles. The van der Waals surface area contributed by atoms with E-state index in [-0.39, 0.29) is 0 Å². The molecule has 0 spiro atoms. The summed E-state index contributed by atoms with van der Waals surface area (Å²) in [5, 5.41) is 17.9. The van der Waals surface area contributed by atoms with Gasteiger partial charge in [0.25, 0.3) is 0 Å². The van der Waals surface area contributed by atoms with Gasteiger partial charge in [-0.1, -0.05) is 6.08 Å². The molecule has 0 saturated carbocycles. The van der Waals surface area contributed by atoms with Crippen LogP contribution in [0.2, 0.25) is 0 Å². The van der Waals surface area contributed by atoms with Crippen molar-refractivity contribution in [1.82, 2.24) is 0 Å². The lowest BCUT2D eigenvalue weighted by atomic mass is 10.1. The molecule has 0 heterocycles. The third-order valence-electron chi connectivity index (χ3n) is 1.58. The molecule has 2 heteroatoms. The summed E-state index contributed by atoms with van der Waals surface area (Å²) in [7, 11) is 0. The Morgan fingerprint density at radius 2 is 2.25 bits per heavy atom. The third kappa shape index (κ3) is 0.767. The molecule has 0 unspecified atom stereocenters. The van der Waals surface area contributed by atoms with Crippen LogP contribution in [0.25, 0.3) is 0 Å². The fourth-order valence-corrected chi connectivity index (χ4v) is 0.851. The molecule has 0 fully saturated rings. The minimum Gasteiger partial charge on any atom is -0.362 e. The number of rotatable bonds is 0. The lowest BCUT2D eigenvalue weighted by Gasteiger charge is -2.15. The first-order valence-corrected chi connectivity index (χ1v) is 2.75. The van der Waals surface area contributed by atoms with Crippen LogP contribution in [0.3, 0.4) is 0 Å². The molecule has 1 aliphatic carbocycles. The van der Waals surface area contributed by atoms with Crippen LogP contribution < -0.4 is 0 Å². The van der Waals surface area contributed by atoms with Gasteiger partial charge in [0.15, 0.2) is 5.79 Å². The summed E-state index contributed by atoms with van der Waals surface area (Å²) in [6.45, 7) is 1.73. The van der Waals surface area contributed by atoms with Crippen molar-refractivity contribution < 1.29 is 10.2 Å². The highest BCUT2D eigenvalue weighted by molar-refractivity contribution is 5.14. The van der Waals surface area contributed by atoms with Gasteiger partial charge in [0.05, 0.1) is 0 Å². The van der Waals surface area contributed by atoms with E-state index >= 15 is 0 Å². The van der Waals surface area contributed by atoms with Crippen LogP contribution in [-0.4, -0.2) is 16.0 Å². The molecule has 1 rings (SSSR count). The second-order valence-corrected chi connectivity index (χ2v) is 2.24. The smallest absolute Gasteiger partial charge is 0.185 e. The molecule has 0 aromatic rings. The van der Waals surface area contributed by atoms with Gasteiger partial charge in [-0.05, 0) is 18.9 Å². The Labute approximate surface area is 48.5 Å². The van der Waals surface area contributed by atoms with Gasteiger partial charge < -0.3 is 10.2 Å². The topological polar surface area (TPSA) is 40.5 Å². The van der Waals surface area contributed by atoms with E-state index in [4.69, 9.17) is 10.2 Å². The van der Waals surface area contributed by atoms with Crippen LogP contribution in [0, 0.1) is 0 Å². The van der Waals surface area contributed by atoms with E-state index in [0.717, 1.165) is 6.42 Å². The van der Waals surface area contributed by atoms with Gasteiger partial charge in [-0.25, -0.2) is 0 Å². The maximum absolute atomic E-state index is 8.95. The third-order valence-corrected chi connectivity index (χ3v) is 1.58. The molecule has 1 aliphatic rings. The highest BCUT2D eigenvalue weighted by Gasteiger charge is 2.28. The Hall–Kier alpha value is -0.340. The van der Waals surface area contributed by atoms with Gasteiger partial charge in [0.2, 0.25) is 0 Å². The van der Waals surface area contributed by atoms with E-state index in [2.05, 4.69) is 0 Å². The van der Waals surface area contributed by atoms with E-state index in [1.807, 2.05) is 6.08 Å². The average molecular weight is 114 g/mol. The highest BCUT2D eigenvalue weighted by atomic mass is 16.5. The second kappa shape index (κ2) is 1.57. The number of aliphatic hydroxyl groups is 2.